The van der Waals surface area contributed by atoms with Crippen LogP contribution in [0.25, 0.3) is 71.9 Å². The zero-order chi connectivity index (χ0) is 32.6. The summed E-state index contributed by atoms with van der Waals surface area (Å²) >= 11 is 0. The van der Waals surface area contributed by atoms with Crippen LogP contribution in [-0.4, -0.2) is 13.7 Å². The smallest absolute Gasteiger partial charge is 0.130 e. The van der Waals surface area contributed by atoms with Gasteiger partial charge in [-0.3, -0.25) is 9.13 Å². The third-order valence-electron chi connectivity index (χ3n) is 10.2. The van der Waals surface area contributed by atoms with Gasteiger partial charge in [0, 0.05) is 44.0 Å². The topological polar surface area (TPSA) is 14.8 Å². The summed E-state index contributed by atoms with van der Waals surface area (Å²) in [6, 6.07) is 55.5. The monoisotopic (exact) mass is 619 g/mol. The fourth-order valence-corrected chi connectivity index (χ4v) is 8.04. The fraction of sp³-hybridized carbons (Fsp3) is 0.111. The minimum Gasteiger partial charge on any atom is -0.309 e. The summed E-state index contributed by atoms with van der Waals surface area (Å²) < 4.78 is 7.31. The molecule has 3 heteroatoms. The van der Waals surface area contributed by atoms with Gasteiger partial charge in [-0.25, -0.2) is 0 Å². The molecule has 10 rings (SSSR count). The first-order valence-electron chi connectivity index (χ1n) is 17.0. The lowest BCUT2D eigenvalue weighted by molar-refractivity contribution is 0.644. The Labute approximate surface area is 280 Å². The predicted octanol–water partition coefficient (Wildman–Crippen LogP) is 12.0. The molecule has 0 saturated carbocycles. The minimum atomic E-state index is -0.0587. The minimum absolute atomic E-state index is 0.0587. The van der Waals surface area contributed by atoms with Crippen LogP contribution in [0, 0.1) is 0 Å². The summed E-state index contributed by atoms with van der Waals surface area (Å²) in [5.74, 6) is 0. The summed E-state index contributed by atoms with van der Waals surface area (Å²) in [5.41, 5.74) is 13.6. The molecule has 0 unspecified atom stereocenters. The van der Waals surface area contributed by atoms with Gasteiger partial charge in [0.1, 0.15) is 5.65 Å². The van der Waals surface area contributed by atoms with Gasteiger partial charge in [0.15, 0.2) is 0 Å². The Morgan fingerprint density at radius 3 is 1.42 bits per heavy atom. The van der Waals surface area contributed by atoms with Gasteiger partial charge < -0.3 is 4.57 Å². The number of hydrogen-bond acceptors (Lipinski definition) is 0. The van der Waals surface area contributed by atoms with Gasteiger partial charge in [0.2, 0.25) is 0 Å². The lowest BCUT2D eigenvalue weighted by Gasteiger charge is -2.18. The number of nitrogens with zero attached hydrogens (tertiary/aromatic N) is 3. The van der Waals surface area contributed by atoms with Gasteiger partial charge in [-0.05, 0) is 71.3 Å². The van der Waals surface area contributed by atoms with E-state index in [1.165, 1.54) is 83.2 Å². The Balaban J connectivity index is 0.00000154. The van der Waals surface area contributed by atoms with Crippen LogP contribution >= 0.6 is 0 Å². The van der Waals surface area contributed by atoms with E-state index in [1.807, 2.05) is 13.8 Å². The predicted molar refractivity (Wildman–Crippen MR) is 203 cm³/mol. The van der Waals surface area contributed by atoms with Crippen LogP contribution in [0.3, 0.4) is 0 Å². The van der Waals surface area contributed by atoms with Gasteiger partial charge in [-0.2, -0.15) is 0 Å². The molecule has 1 aliphatic rings. The summed E-state index contributed by atoms with van der Waals surface area (Å²) in [7, 11) is 0. The Bertz CT molecular complexity index is 2590. The highest BCUT2D eigenvalue weighted by molar-refractivity contribution is 6.10. The van der Waals surface area contributed by atoms with E-state index >= 15 is 0 Å². The summed E-state index contributed by atoms with van der Waals surface area (Å²) in [5, 5.41) is 5.16. The van der Waals surface area contributed by atoms with Crippen molar-refractivity contribution in [3.63, 3.8) is 0 Å². The lowest BCUT2D eigenvalue weighted by Crippen LogP contribution is -2.15. The number of benzene rings is 6. The molecule has 1 aliphatic heterocycles. The summed E-state index contributed by atoms with van der Waals surface area (Å²) in [6.45, 7) is 8.69. The van der Waals surface area contributed by atoms with Crippen molar-refractivity contribution in [3.05, 3.63) is 163 Å². The molecule has 3 nitrogen and oxygen atoms in total. The van der Waals surface area contributed by atoms with Gasteiger partial charge in [0.25, 0.3) is 0 Å². The first-order chi connectivity index (χ1) is 23.6. The van der Waals surface area contributed by atoms with E-state index in [0.717, 1.165) is 0 Å². The molecule has 48 heavy (non-hydrogen) atoms. The highest BCUT2D eigenvalue weighted by Crippen LogP contribution is 2.48. The molecule has 0 saturated heterocycles. The molecule has 0 atom stereocenters. The van der Waals surface area contributed by atoms with Crippen LogP contribution in [-0.2, 0) is 5.41 Å². The molecule has 9 aromatic rings. The van der Waals surface area contributed by atoms with Crippen LogP contribution in [0.4, 0.5) is 0 Å². The van der Waals surface area contributed by atoms with Crippen molar-refractivity contribution in [3.8, 4) is 28.2 Å². The van der Waals surface area contributed by atoms with Crippen LogP contribution in [0.5, 0.6) is 0 Å². The van der Waals surface area contributed by atoms with E-state index in [-0.39, 0.29) is 5.41 Å². The van der Waals surface area contributed by atoms with Crippen molar-refractivity contribution in [2.45, 2.75) is 33.1 Å². The van der Waals surface area contributed by atoms with E-state index < -0.39 is 0 Å². The number of rotatable bonds is 3. The molecule has 3 aromatic heterocycles. The van der Waals surface area contributed by atoms with E-state index in [2.05, 4.69) is 179 Å². The standard InChI is InChI=1S/C43H31N3.C2H6/c1-43(2)36-14-6-10-18-40(36)46-41(43)27-35-34-13-5-9-17-39(34)45(42(35)46)31-25-21-29(22-26-31)28-19-23-30(24-20-28)44-37-15-7-3-11-32(37)33-12-4-8-16-38(33)44;1-2/h3-27H,1-2H3;1-2H3. The molecular formula is C45H37N3. The molecule has 0 fully saturated rings. The maximum absolute atomic E-state index is 2.49. The fourth-order valence-electron chi connectivity index (χ4n) is 8.04. The summed E-state index contributed by atoms with van der Waals surface area (Å²) in [6.07, 6.45) is 0. The van der Waals surface area contributed by atoms with Crippen molar-refractivity contribution in [1.29, 1.82) is 0 Å². The normalized spacial score (nSPS) is 13.2. The Kier molecular flexibility index (Phi) is 6.29. The van der Waals surface area contributed by atoms with E-state index in [9.17, 15) is 0 Å². The molecule has 0 N–H and O–H groups in total. The Morgan fingerprint density at radius 2 is 0.854 bits per heavy atom. The number of aromatic nitrogens is 3. The van der Waals surface area contributed by atoms with E-state index in [4.69, 9.17) is 0 Å². The second-order valence-electron chi connectivity index (χ2n) is 13.1. The van der Waals surface area contributed by atoms with Crippen LogP contribution in [0.2, 0.25) is 0 Å². The van der Waals surface area contributed by atoms with Crippen molar-refractivity contribution < 1.29 is 0 Å². The molecule has 232 valence electrons. The lowest BCUT2D eigenvalue weighted by atomic mass is 9.83. The second-order valence-corrected chi connectivity index (χ2v) is 13.1. The zero-order valence-electron chi connectivity index (χ0n) is 27.8. The average Bonchev–Trinajstić information content (AvgIpc) is 3.85. The highest BCUT2D eigenvalue weighted by atomic mass is 15.2. The maximum Gasteiger partial charge on any atom is 0.130 e. The number of para-hydroxylation sites is 4. The molecule has 6 aromatic carbocycles. The first-order valence-corrected chi connectivity index (χ1v) is 17.0. The number of fused-ring (bicyclic) bond motifs is 10. The largest absolute Gasteiger partial charge is 0.309 e. The quantitative estimate of drug-likeness (QED) is 0.187. The molecule has 0 radical (unpaired) electrons. The van der Waals surface area contributed by atoms with Gasteiger partial charge in [-0.15, -0.1) is 0 Å². The van der Waals surface area contributed by atoms with Crippen molar-refractivity contribution in [1.82, 2.24) is 13.7 Å². The first kappa shape index (κ1) is 28.4. The molecule has 0 bridgehead atoms. The van der Waals surface area contributed by atoms with E-state index in [1.54, 1.807) is 0 Å². The molecule has 0 aliphatic carbocycles. The van der Waals surface area contributed by atoms with Crippen LogP contribution in [0.15, 0.2) is 152 Å². The molecule has 0 amide bonds. The molecule has 0 spiro atoms. The van der Waals surface area contributed by atoms with Gasteiger partial charge in [0.05, 0.1) is 22.2 Å². The Hall–Kier alpha value is -5.80. The van der Waals surface area contributed by atoms with Gasteiger partial charge >= 0.3 is 0 Å². The van der Waals surface area contributed by atoms with Crippen LogP contribution < -0.4 is 0 Å². The number of hydrogen-bond donors (Lipinski definition) is 0. The molecule has 4 heterocycles. The van der Waals surface area contributed by atoms with Crippen LogP contribution in [0.1, 0.15) is 39.0 Å². The highest BCUT2D eigenvalue weighted by Gasteiger charge is 2.38. The van der Waals surface area contributed by atoms with Crippen molar-refractivity contribution >= 4 is 43.7 Å². The zero-order valence-corrected chi connectivity index (χ0v) is 27.8. The SMILES string of the molecule is CC.CC1(C)c2ccccc2-n2c1cc1c3ccccc3n(-c3ccc(-c4ccc(-n5c6ccccc6c6ccccc65)cc4)cc3)c12. The van der Waals surface area contributed by atoms with Crippen molar-refractivity contribution in [2.24, 2.45) is 0 Å². The molecular weight excluding hydrogens is 583 g/mol. The Morgan fingerprint density at radius 1 is 0.417 bits per heavy atom. The third-order valence-corrected chi connectivity index (χ3v) is 10.2. The third kappa shape index (κ3) is 3.88. The summed E-state index contributed by atoms with van der Waals surface area (Å²) in [4.78, 5) is 0. The average molecular weight is 620 g/mol. The van der Waals surface area contributed by atoms with E-state index in [0.29, 0.717) is 0 Å². The maximum atomic E-state index is 2.49. The van der Waals surface area contributed by atoms with Gasteiger partial charge in [-0.1, -0.05) is 125 Å². The van der Waals surface area contributed by atoms with Crippen molar-refractivity contribution in [2.75, 3.05) is 0 Å². The second kappa shape index (κ2) is 10.6.